The fraction of sp³-hybridized carbons (Fsp3) is 0.448. The summed E-state index contributed by atoms with van der Waals surface area (Å²) in [6, 6.07) is 13.2. The van der Waals surface area contributed by atoms with Crippen LogP contribution in [-0.2, 0) is 19.1 Å². The van der Waals surface area contributed by atoms with E-state index in [4.69, 9.17) is 9.47 Å². The van der Waals surface area contributed by atoms with E-state index in [1.165, 1.54) is 56.4 Å². The van der Waals surface area contributed by atoms with Crippen LogP contribution in [0.2, 0.25) is 0 Å². The smallest absolute Gasteiger partial charge is 0.349 e. The number of nitrogens with one attached hydrogen (secondary N) is 1. The highest BCUT2D eigenvalue weighted by atomic mass is 16.6. The van der Waals surface area contributed by atoms with Crippen molar-refractivity contribution in [3.05, 3.63) is 70.8 Å². The van der Waals surface area contributed by atoms with Crippen LogP contribution in [0.3, 0.4) is 0 Å². The van der Waals surface area contributed by atoms with E-state index < -0.39 is 36.1 Å². The molecule has 39 heavy (non-hydrogen) atoms. The van der Waals surface area contributed by atoms with E-state index in [0.717, 1.165) is 23.6 Å². The summed E-state index contributed by atoms with van der Waals surface area (Å²) in [5.41, 5.74) is 1.79. The van der Waals surface area contributed by atoms with Gasteiger partial charge in [0.2, 0.25) is 12.2 Å². The molecule has 0 bridgehead atoms. The van der Waals surface area contributed by atoms with Crippen LogP contribution in [0.1, 0.15) is 70.4 Å². The average Bonchev–Trinajstić information content (AvgIpc) is 3.72. The number of carboxylic acid groups (broad SMARTS) is 2. The maximum absolute atomic E-state index is 12.2. The van der Waals surface area contributed by atoms with Gasteiger partial charge in [0.1, 0.15) is 0 Å². The van der Waals surface area contributed by atoms with E-state index in [9.17, 15) is 34.5 Å². The molecule has 210 valence electrons. The maximum Gasteiger partial charge on any atom is 0.349 e. The highest BCUT2D eigenvalue weighted by Gasteiger charge is 2.41. The van der Waals surface area contributed by atoms with Crippen LogP contribution >= 0.6 is 0 Å². The largest absolute Gasteiger partial charge is 0.478 e. The molecule has 4 N–H and O–H groups in total. The van der Waals surface area contributed by atoms with Crippen LogP contribution in [0.25, 0.3) is 0 Å². The Morgan fingerprint density at radius 2 is 1.13 bits per heavy atom. The van der Waals surface area contributed by atoms with Crippen molar-refractivity contribution in [1.82, 2.24) is 5.32 Å². The zero-order valence-corrected chi connectivity index (χ0v) is 22.0. The number of aryl methyl sites for hydroxylation is 2. The van der Waals surface area contributed by atoms with Crippen molar-refractivity contribution in [1.29, 1.82) is 0 Å². The van der Waals surface area contributed by atoms with Crippen LogP contribution in [0.4, 0.5) is 0 Å². The molecule has 4 atom stereocenters. The molecule has 2 aliphatic carbocycles. The highest BCUT2D eigenvalue weighted by molar-refractivity contribution is 5.95. The van der Waals surface area contributed by atoms with Crippen LogP contribution < -0.4 is 5.32 Å². The van der Waals surface area contributed by atoms with Gasteiger partial charge in [-0.25, -0.2) is 19.2 Å². The normalized spacial score (nSPS) is 20.0. The summed E-state index contributed by atoms with van der Waals surface area (Å²) < 4.78 is 9.64. The molecule has 2 saturated carbocycles. The third kappa shape index (κ3) is 9.19. The van der Waals surface area contributed by atoms with Gasteiger partial charge >= 0.3 is 23.9 Å². The lowest BCUT2D eigenvalue weighted by Gasteiger charge is -2.28. The quantitative estimate of drug-likeness (QED) is 0.347. The fourth-order valence-electron chi connectivity index (χ4n) is 4.09. The van der Waals surface area contributed by atoms with Gasteiger partial charge < -0.3 is 30.1 Å². The van der Waals surface area contributed by atoms with Crippen molar-refractivity contribution in [3.8, 4) is 0 Å². The number of hydrogen-bond acceptors (Lipinski definition) is 8. The lowest BCUT2D eigenvalue weighted by molar-refractivity contribution is -0.166. The molecule has 2 fully saturated rings. The number of benzene rings is 2. The molecule has 0 saturated heterocycles. The molecule has 4 rings (SSSR count). The monoisotopic (exact) mass is 541 g/mol. The standard InChI is InChI=1S/C20H18O8.C9H17NO/c1-11-3-7-13(8-4-11)19(25)27-15(17(21)22)16(18(23)24)28-20(26)14-9-5-12(2)6-10-14;11-9-4-2-1-3-8(9)10-7-5-6-7/h3-10,15-16H,1-2H3,(H,21,22)(H,23,24);7-11H,1-6H2. The second kappa shape index (κ2) is 13.9. The minimum absolute atomic E-state index is 0.0332. The fourth-order valence-corrected chi connectivity index (χ4v) is 4.09. The molecular weight excluding hydrogens is 506 g/mol. The third-order valence-electron chi connectivity index (χ3n) is 6.56. The van der Waals surface area contributed by atoms with Gasteiger partial charge in [0.15, 0.2) is 0 Å². The van der Waals surface area contributed by atoms with Gasteiger partial charge in [0, 0.05) is 12.1 Å². The molecule has 2 aliphatic rings. The number of hydrogen-bond donors (Lipinski definition) is 4. The third-order valence-corrected chi connectivity index (χ3v) is 6.56. The number of aliphatic carboxylic acids is 2. The number of aliphatic hydroxyl groups is 1. The van der Waals surface area contributed by atoms with Crippen molar-refractivity contribution in [2.24, 2.45) is 0 Å². The summed E-state index contributed by atoms with van der Waals surface area (Å²) >= 11 is 0. The van der Waals surface area contributed by atoms with Crippen molar-refractivity contribution in [3.63, 3.8) is 0 Å². The minimum atomic E-state index is -2.22. The summed E-state index contributed by atoms with van der Waals surface area (Å²) in [4.78, 5) is 47.3. The number of carbonyl (C=O) groups excluding carboxylic acids is 2. The van der Waals surface area contributed by atoms with Crippen molar-refractivity contribution in [2.75, 3.05) is 0 Å². The molecule has 0 amide bonds. The molecule has 10 nitrogen and oxygen atoms in total. The van der Waals surface area contributed by atoms with E-state index in [-0.39, 0.29) is 17.2 Å². The number of carboxylic acids is 2. The van der Waals surface area contributed by atoms with Gasteiger partial charge in [-0.05, 0) is 63.8 Å². The molecule has 0 spiro atoms. The van der Waals surface area contributed by atoms with Crippen LogP contribution in [-0.4, -0.2) is 69.6 Å². The van der Waals surface area contributed by atoms with Gasteiger partial charge in [-0.15, -0.1) is 0 Å². The van der Waals surface area contributed by atoms with Crippen molar-refractivity contribution < 1.29 is 44.0 Å². The summed E-state index contributed by atoms with van der Waals surface area (Å²) in [6.07, 6.45) is 2.82. The Kier molecular flexibility index (Phi) is 10.6. The number of carbonyl (C=O) groups is 4. The SMILES string of the molecule is Cc1ccc(C(=O)OC(C(=O)O)C(OC(=O)c2ccc(C)cc2)C(=O)O)cc1.OC1CCCCC1NC1CC1. The molecule has 4 unspecified atom stereocenters. The number of esters is 2. The lowest BCUT2D eigenvalue weighted by Crippen LogP contribution is -2.45. The van der Waals surface area contributed by atoms with E-state index in [1.54, 1.807) is 38.1 Å². The lowest BCUT2D eigenvalue weighted by atomic mass is 9.92. The first kappa shape index (κ1) is 29.8. The minimum Gasteiger partial charge on any atom is -0.478 e. The van der Waals surface area contributed by atoms with Gasteiger partial charge in [-0.3, -0.25) is 0 Å². The summed E-state index contributed by atoms with van der Waals surface area (Å²) in [5, 5.41) is 31.7. The molecule has 2 aromatic rings. The number of ether oxygens (including phenoxy) is 2. The first-order valence-electron chi connectivity index (χ1n) is 13.0. The van der Waals surface area contributed by atoms with E-state index in [2.05, 4.69) is 5.32 Å². The second-order valence-electron chi connectivity index (χ2n) is 9.96. The molecule has 0 aromatic heterocycles. The Morgan fingerprint density at radius 1 is 0.718 bits per heavy atom. The van der Waals surface area contributed by atoms with Crippen molar-refractivity contribution in [2.45, 2.75) is 82.8 Å². The molecule has 2 aromatic carbocycles. The van der Waals surface area contributed by atoms with Gasteiger partial charge in [-0.1, -0.05) is 48.2 Å². The summed E-state index contributed by atoms with van der Waals surface area (Å²) in [7, 11) is 0. The van der Waals surface area contributed by atoms with Gasteiger partial charge in [0.25, 0.3) is 0 Å². The Morgan fingerprint density at radius 3 is 1.49 bits per heavy atom. The molecule has 10 heteroatoms. The van der Waals surface area contributed by atoms with E-state index >= 15 is 0 Å². The Balaban J connectivity index is 0.000000314. The van der Waals surface area contributed by atoms with E-state index in [0.29, 0.717) is 6.04 Å². The first-order chi connectivity index (χ1) is 18.5. The molecular formula is C29H35NO9. The van der Waals surface area contributed by atoms with Gasteiger partial charge in [0.05, 0.1) is 17.2 Å². The number of aliphatic hydroxyl groups excluding tert-OH is 1. The van der Waals surface area contributed by atoms with E-state index in [1.807, 2.05) is 0 Å². The second-order valence-corrected chi connectivity index (χ2v) is 9.96. The predicted octanol–water partition coefficient (Wildman–Crippen LogP) is 3.27. The Labute approximate surface area is 226 Å². The van der Waals surface area contributed by atoms with Crippen LogP contribution in [0, 0.1) is 13.8 Å². The average molecular weight is 542 g/mol. The molecule has 0 heterocycles. The van der Waals surface area contributed by atoms with Crippen LogP contribution in [0.15, 0.2) is 48.5 Å². The Hall–Kier alpha value is -3.76. The topological polar surface area (TPSA) is 159 Å². The first-order valence-corrected chi connectivity index (χ1v) is 13.0. The highest BCUT2D eigenvalue weighted by Crippen LogP contribution is 2.25. The summed E-state index contributed by atoms with van der Waals surface area (Å²) in [6.45, 7) is 3.58. The maximum atomic E-state index is 12.2. The summed E-state index contributed by atoms with van der Waals surface area (Å²) in [5.74, 6) is -5.62. The predicted molar refractivity (Wildman–Crippen MR) is 140 cm³/mol. The molecule has 0 radical (unpaired) electrons. The number of rotatable bonds is 9. The van der Waals surface area contributed by atoms with Crippen LogP contribution in [0.5, 0.6) is 0 Å². The van der Waals surface area contributed by atoms with Crippen molar-refractivity contribution >= 4 is 23.9 Å². The Bertz CT molecular complexity index is 1070. The zero-order valence-electron chi connectivity index (χ0n) is 22.0. The zero-order chi connectivity index (χ0) is 28.5. The molecule has 0 aliphatic heterocycles. The van der Waals surface area contributed by atoms with Gasteiger partial charge in [-0.2, -0.15) is 0 Å².